The monoisotopic (exact) mass is 228 g/mol. The molecule has 0 amide bonds. The maximum absolute atomic E-state index is 4.90. The molecule has 14 heavy (non-hydrogen) atoms. The first-order chi connectivity index (χ1) is 6.75. The van der Waals surface area contributed by atoms with Crippen LogP contribution in [0, 0.1) is 3.95 Å². The number of anilines is 1. The quantitative estimate of drug-likeness (QED) is 0.765. The average molecular weight is 228 g/mol. The van der Waals surface area contributed by atoms with Crippen LogP contribution in [0.3, 0.4) is 0 Å². The molecule has 2 aromatic heterocycles. The van der Waals surface area contributed by atoms with Crippen molar-refractivity contribution >= 4 is 28.7 Å². The topological polar surface area (TPSA) is 71.4 Å². The van der Waals surface area contributed by atoms with Crippen LogP contribution in [0.2, 0.25) is 0 Å². The van der Waals surface area contributed by atoms with Crippen molar-refractivity contribution in [1.29, 1.82) is 0 Å². The molecule has 0 saturated heterocycles. The van der Waals surface area contributed by atoms with Crippen molar-refractivity contribution in [1.82, 2.24) is 25.0 Å². The Balaban J connectivity index is 2.01. The standard InChI is InChI=1S/C6H8N6S2/c1-12-3-8-9-4(12)2-7-5-10-11-6(13)14-5/h3H,2H2,1H3,(H,7,10)(H,11,13). The Hall–Kier alpha value is -1.28. The minimum absolute atomic E-state index is 0.590. The van der Waals surface area contributed by atoms with E-state index in [1.54, 1.807) is 6.33 Å². The van der Waals surface area contributed by atoms with Crippen LogP contribution >= 0.6 is 23.6 Å². The van der Waals surface area contributed by atoms with Crippen molar-refractivity contribution < 1.29 is 0 Å². The summed E-state index contributed by atoms with van der Waals surface area (Å²) in [5.41, 5.74) is 0. The van der Waals surface area contributed by atoms with Crippen LogP contribution in [0.1, 0.15) is 5.82 Å². The van der Waals surface area contributed by atoms with Crippen LogP contribution in [0.15, 0.2) is 6.33 Å². The highest BCUT2D eigenvalue weighted by molar-refractivity contribution is 7.73. The number of hydrogen-bond donors (Lipinski definition) is 2. The summed E-state index contributed by atoms with van der Waals surface area (Å²) in [5, 5.41) is 18.2. The molecular formula is C6H8N6S2. The number of aromatic nitrogens is 5. The zero-order chi connectivity index (χ0) is 9.97. The fourth-order valence-corrected chi connectivity index (χ4v) is 1.71. The Morgan fingerprint density at radius 3 is 3.14 bits per heavy atom. The Morgan fingerprint density at radius 1 is 1.71 bits per heavy atom. The third-order valence-electron chi connectivity index (χ3n) is 1.64. The molecule has 8 heteroatoms. The van der Waals surface area contributed by atoms with Gasteiger partial charge in [-0.05, 0) is 12.2 Å². The van der Waals surface area contributed by atoms with Gasteiger partial charge in [-0.25, -0.2) is 0 Å². The van der Waals surface area contributed by atoms with E-state index in [0.29, 0.717) is 10.5 Å². The van der Waals surface area contributed by atoms with Crippen LogP contribution in [-0.4, -0.2) is 25.0 Å². The molecule has 2 aromatic rings. The van der Waals surface area contributed by atoms with Gasteiger partial charge in [-0.3, -0.25) is 5.10 Å². The molecule has 0 aliphatic rings. The minimum atomic E-state index is 0.590. The van der Waals surface area contributed by atoms with Crippen molar-refractivity contribution in [3.8, 4) is 0 Å². The summed E-state index contributed by atoms with van der Waals surface area (Å²) in [4.78, 5) is 0. The SMILES string of the molecule is Cn1cnnc1CNc1n[nH]c(=S)s1. The molecule has 0 saturated carbocycles. The van der Waals surface area contributed by atoms with E-state index in [2.05, 4.69) is 25.7 Å². The third-order valence-corrected chi connectivity index (χ3v) is 2.69. The second-order valence-electron chi connectivity index (χ2n) is 2.63. The van der Waals surface area contributed by atoms with Crippen molar-refractivity contribution in [3.63, 3.8) is 0 Å². The lowest BCUT2D eigenvalue weighted by molar-refractivity contribution is 0.810. The molecular weight excluding hydrogens is 220 g/mol. The molecule has 2 rings (SSSR count). The number of nitrogens with one attached hydrogen (secondary N) is 2. The van der Waals surface area contributed by atoms with Crippen molar-refractivity contribution in [3.05, 3.63) is 16.1 Å². The summed E-state index contributed by atoms with van der Waals surface area (Å²) in [7, 11) is 1.89. The molecule has 0 unspecified atom stereocenters. The number of hydrogen-bond acceptors (Lipinski definition) is 6. The number of aromatic amines is 1. The van der Waals surface area contributed by atoms with Crippen LogP contribution in [0.5, 0.6) is 0 Å². The fourth-order valence-electron chi connectivity index (χ4n) is 0.927. The number of aryl methyl sites for hydroxylation is 1. The Kier molecular flexibility index (Phi) is 2.55. The van der Waals surface area contributed by atoms with Crippen molar-refractivity contribution in [2.45, 2.75) is 6.54 Å². The van der Waals surface area contributed by atoms with Crippen LogP contribution in [0.25, 0.3) is 0 Å². The van der Waals surface area contributed by atoms with Crippen LogP contribution in [0.4, 0.5) is 5.13 Å². The Bertz CT molecular complexity index is 468. The van der Waals surface area contributed by atoms with Gasteiger partial charge in [0.2, 0.25) is 5.13 Å². The molecule has 0 spiro atoms. The molecule has 0 aromatic carbocycles. The van der Waals surface area contributed by atoms with Gasteiger partial charge in [0.05, 0.1) is 6.54 Å². The summed E-state index contributed by atoms with van der Waals surface area (Å²) in [5.74, 6) is 0.853. The number of rotatable bonds is 3. The number of nitrogens with zero attached hydrogens (tertiary/aromatic N) is 4. The second-order valence-corrected chi connectivity index (χ2v) is 4.30. The van der Waals surface area contributed by atoms with E-state index in [1.807, 2.05) is 11.6 Å². The lowest BCUT2D eigenvalue weighted by Crippen LogP contribution is -2.05. The smallest absolute Gasteiger partial charge is 0.204 e. The first-order valence-electron chi connectivity index (χ1n) is 3.88. The average Bonchev–Trinajstić information content (AvgIpc) is 2.72. The molecule has 0 atom stereocenters. The van der Waals surface area contributed by atoms with Gasteiger partial charge in [0.1, 0.15) is 6.33 Å². The molecule has 0 fully saturated rings. The summed E-state index contributed by atoms with van der Waals surface area (Å²) >= 11 is 6.30. The van der Waals surface area contributed by atoms with Gasteiger partial charge in [-0.1, -0.05) is 11.3 Å². The normalized spacial score (nSPS) is 10.4. The van der Waals surface area contributed by atoms with Gasteiger partial charge in [0, 0.05) is 7.05 Å². The largest absolute Gasteiger partial charge is 0.353 e. The molecule has 6 nitrogen and oxygen atoms in total. The third kappa shape index (κ3) is 1.96. The number of H-pyrrole nitrogens is 1. The van der Waals surface area contributed by atoms with Gasteiger partial charge in [0.15, 0.2) is 9.78 Å². The van der Waals surface area contributed by atoms with E-state index in [0.717, 1.165) is 11.0 Å². The van der Waals surface area contributed by atoms with Gasteiger partial charge in [0.25, 0.3) is 0 Å². The zero-order valence-corrected chi connectivity index (χ0v) is 9.02. The summed E-state index contributed by atoms with van der Waals surface area (Å²) in [6, 6.07) is 0. The Labute approximate surface area is 89.0 Å². The second kappa shape index (κ2) is 3.84. The molecule has 0 bridgehead atoms. The van der Waals surface area contributed by atoms with Crippen molar-refractivity contribution in [2.24, 2.45) is 7.05 Å². The fraction of sp³-hybridized carbons (Fsp3) is 0.333. The van der Waals surface area contributed by atoms with Gasteiger partial charge >= 0.3 is 0 Å². The molecule has 0 aliphatic carbocycles. The highest BCUT2D eigenvalue weighted by Crippen LogP contribution is 2.11. The van der Waals surface area contributed by atoms with Crippen molar-refractivity contribution in [2.75, 3.05) is 5.32 Å². The van der Waals surface area contributed by atoms with E-state index >= 15 is 0 Å². The molecule has 2 N–H and O–H groups in total. The molecule has 0 radical (unpaired) electrons. The van der Waals surface area contributed by atoms with Gasteiger partial charge < -0.3 is 9.88 Å². The van der Waals surface area contributed by atoms with E-state index in [4.69, 9.17) is 12.2 Å². The highest BCUT2D eigenvalue weighted by Gasteiger charge is 2.01. The Morgan fingerprint density at radius 2 is 2.57 bits per heavy atom. The van der Waals surface area contributed by atoms with E-state index < -0.39 is 0 Å². The first kappa shape index (κ1) is 9.28. The summed E-state index contributed by atoms with van der Waals surface area (Å²) < 4.78 is 2.50. The molecule has 2 heterocycles. The maximum atomic E-state index is 4.90. The van der Waals surface area contributed by atoms with E-state index in [9.17, 15) is 0 Å². The lowest BCUT2D eigenvalue weighted by atomic mass is 10.6. The summed E-state index contributed by atoms with van der Waals surface area (Å²) in [6.45, 7) is 0.590. The molecule has 0 aliphatic heterocycles. The van der Waals surface area contributed by atoms with Gasteiger partial charge in [-0.15, -0.1) is 15.3 Å². The maximum Gasteiger partial charge on any atom is 0.204 e. The van der Waals surface area contributed by atoms with Crippen LogP contribution < -0.4 is 5.32 Å². The zero-order valence-electron chi connectivity index (χ0n) is 7.39. The highest BCUT2D eigenvalue weighted by atomic mass is 32.1. The van der Waals surface area contributed by atoms with Crippen LogP contribution in [-0.2, 0) is 13.6 Å². The predicted molar refractivity (Wildman–Crippen MR) is 55.6 cm³/mol. The molecule has 74 valence electrons. The first-order valence-corrected chi connectivity index (χ1v) is 5.10. The lowest BCUT2D eigenvalue weighted by Gasteiger charge is -1.99. The van der Waals surface area contributed by atoms with Gasteiger partial charge in [-0.2, -0.15) is 0 Å². The predicted octanol–water partition coefficient (Wildman–Crippen LogP) is 0.941. The minimum Gasteiger partial charge on any atom is -0.353 e. The van der Waals surface area contributed by atoms with E-state index in [-0.39, 0.29) is 0 Å². The summed E-state index contributed by atoms with van der Waals surface area (Å²) in [6.07, 6.45) is 1.66. The van der Waals surface area contributed by atoms with E-state index in [1.165, 1.54) is 11.3 Å².